The van der Waals surface area contributed by atoms with E-state index in [2.05, 4.69) is 10.6 Å². The maximum absolute atomic E-state index is 11.6. The highest BCUT2D eigenvalue weighted by molar-refractivity contribution is 5.80. The number of rotatable bonds is 22. The number of hydrogen-bond acceptors (Lipinski definition) is 10. The molecule has 1 unspecified atom stereocenters. The molecule has 0 spiro atoms. The van der Waals surface area contributed by atoms with Crippen molar-refractivity contribution in [3.8, 4) is 0 Å². The second kappa shape index (κ2) is 24.9. The molecule has 0 bridgehead atoms. The normalized spacial score (nSPS) is 11.4. The van der Waals surface area contributed by atoms with Gasteiger partial charge in [0.25, 0.3) is 0 Å². The van der Waals surface area contributed by atoms with Gasteiger partial charge in [0.05, 0.1) is 33.0 Å². The van der Waals surface area contributed by atoms with E-state index in [1.165, 1.54) is 13.8 Å². The van der Waals surface area contributed by atoms with Gasteiger partial charge in [-0.1, -0.05) is 0 Å². The number of carboxylic acids is 1. The van der Waals surface area contributed by atoms with Crippen LogP contribution in [0.5, 0.6) is 0 Å². The van der Waals surface area contributed by atoms with Crippen molar-refractivity contribution in [3.63, 3.8) is 0 Å². The smallest absolute Gasteiger partial charge is 0.320 e. The van der Waals surface area contributed by atoms with Crippen molar-refractivity contribution in [1.82, 2.24) is 10.6 Å². The fourth-order valence-corrected chi connectivity index (χ4v) is 2.24. The summed E-state index contributed by atoms with van der Waals surface area (Å²) in [7, 11) is 3.43. The molecule has 0 radical (unpaired) electrons. The van der Waals surface area contributed by atoms with Crippen LogP contribution in [0.4, 0.5) is 0 Å². The predicted molar refractivity (Wildman–Crippen MR) is 123 cm³/mol. The molecule has 11 nitrogen and oxygen atoms in total. The lowest BCUT2D eigenvalue weighted by Gasteiger charge is -2.10. The van der Waals surface area contributed by atoms with Gasteiger partial charge >= 0.3 is 5.97 Å². The summed E-state index contributed by atoms with van der Waals surface area (Å²) < 4.78 is 20.4. The Kier molecular flexibility index (Phi) is 25.2. The van der Waals surface area contributed by atoms with Gasteiger partial charge in [-0.25, -0.2) is 0 Å². The molecule has 0 fully saturated rings. The maximum atomic E-state index is 11.6. The van der Waals surface area contributed by atoms with Crippen LogP contribution >= 0.6 is 0 Å². The van der Waals surface area contributed by atoms with Crippen molar-refractivity contribution in [2.45, 2.75) is 45.6 Å². The van der Waals surface area contributed by atoms with Gasteiger partial charge in [-0.15, -0.1) is 0 Å². The van der Waals surface area contributed by atoms with Crippen molar-refractivity contribution < 1.29 is 43.2 Å². The molecular weight excluding hydrogens is 436 g/mol. The number of likely N-dealkylation sites (N-methyl/N-ethyl adjacent to an activating group) is 2. The number of ether oxygens (including phenoxy) is 4. The van der Waals surface area contributed by atoms with Crippen molar-refractivity contribution >= 4 is 23.3 Å². The zero-order valence-corrected chi connectivity index (χ0v) is 20.5. The summed E-state index contributed by atoms with van der Waals surface area (Å²) in [4.78, 5) is 43.3. The quantitative estimate of drug-likeness (QED) is 0.184. The van der Waals surface area contributed by atoms with Crippen molar-refractivity contribution in [1.29, 1.82) is 0 Å². The third-order valence-corrected chi connectivity index (χ3v) is 3.95. The second-order valence-corrected chi connectivity index (χ2v) is 7.20. The fourth-order valence-electron chi connectivity index (χ4n) is 2.24. The number of carbonyl (C=O) groups is 4. The Balaban J connectivity index is 0. The third kappa shape index (κ3) is 28.2. The Morgan fingerprint density at radius 1 is 0.758 bits per heavy atom. The Morgan fingerprint density at radius 2 is 1.27 bits per heavy atom. The van der Waals surface area contributed by atoms with Crippen LogP contribution in [0.25, 0.3) is 0 Å². The van der Waals surface area contributed by atoms with E-state index in [1.807, 2.05) is 7.05 Å². The number of Topliss-reactive ketones (excluding diaryl/α,β-unsaturated/α-hetero) is 3. The fraction of sp³-hybridized carbons (Fsp3) is 0.818. The standard InChI is InChI=1S/C14H25NO6.C8H17NO3/c1-11(16)10-21-9-8-20-7-3-4-12(17)5-6-13(15-2)14(18)19;1-8(10)7-12-6-5-11-4-3-9-2/h13,15H,3-10H2,1-2H3,(H,18,19);9H,3-7H2,1-2H3. The van der Waals surface area contributed by atoms with E-state index in [4.69, 9.17) is 24.1 Å². The number of ketones is 3. The summed E-state index contributed by atoms with van der Waals surface area (Å²) in [6.45, 7) is 7.00. The number of hydrogen-bond donors (Lipinski definition) is 3. The molecule has 194 valence electrons. The molecule has 0 heterocycles. The lowest BCUT2D eigenvalue weighted by molar-refractivity contribution is -0.139. The van der Waals surface area contributed by atoms with Crippen molar-refractivity contribution in [3.05, 3.63) is 0 Å². The lowest BCUT2D eigenvalue weighted by Crippen LogP contribution is -2.34. The Labute approximate surface area is 196 Å². The van der Waals surface area contributed by atoms with Gasteiger partial charge in [-0.3, -0.25) is 19.2 Å². The summed E-state index contributed by atoms with van der Waals surface area (Å²) in [5, 5.41) is 14.4. The first-order chi connectivity index (χ1) is 15.7. The summed E-state index contributed by atoms with van der Waals surface area (Å²) in [6.07, 6.45) is 1.52. The Bertz CT molecular complexity index is 530. The summed E-state index contributed by atoms with van der Waals surface area (Å²) in [5.41, 5.74) is 0. The van der Waals surface area contributed by atoms with E-state index in [-0.39, 0.29) is 37.0 Å². The Hall–Kier alpha value is -1.76. The van der Waals surface area contributed by atoms with Gasteiger partial charge in [0, 0.05) is 26.0 Å². The van der Waals surface area contributed by atoms with Crippen LogP contribution in [0.3, 0.4) is 0 Å². The first kappa shape index (κ1) is 33.4. The summed E-state index contributed by atoms with van der Waals surface area (Å²) >= 11 is 0. The number of carboxylic acid groups (broad SMARTS) is 1. The molecule has 11 heteroatoms. The minimum absolute atomic E-state index is 0.0261. The first-order valence-electron chi connectivity index (χ1n) is 11.1. The van der Waals surface area contributed by atoms with Crippen LogP contribution < -0.4 is 10.6 Å². The second-order valence-electron chi connectivity index (χ2n) is 7.20. The van der Waals surface area contributed by atoms with E-state index in [9.17, 15) is 19.2 Å². The molecule has 0 saturated heterocycles. The van der Waals surface area contributed by atoms with Crippen LogP contribution in [0.2, 0.25) is 0 Å². The van der Waals surface area contributed by atoms with Gasteiger partial charge in [0.1, 0.15) is 25.0 Å². The van der Waals surface area contributed by atoms with Crippen molar-refractivity contribution in [2.75, 3.05) is 73.5 Å². The maximum Gasteiger partial charge on any atom is 0.320 e. The highest BCUT2D eigenvalue weighted by Gasteiger charge is 2.15. The topological polar surface area (TPSA) is 149 Å². The van der Waals surface area contributed by atoms with Gasteiger partial charge in [-0.2, -0.15) is 0 Å². The van der Waals surface area contributed by atoms with E-state index >= 15 is 0 Å². The molecule has 0 aliphatic rings. The third-order valence-electron chi connectivity index (χ3n) is 3.95. The zero-order chi connectivity index (χ0) is 25.3. The predicted octanol–water partition coefficient (Wildman–Crippen LogP) is 0.239. The monoisotopic (exact) mass is 478 g/mol. The minimum Gasteiger partial charge on any atom is -0.480 e. The highest BCUT2D eigenvalue weighted by Crippen LogP contribution is 2.03. The number of aliphatic carboxylic acids is 1. The SMILES string of the molecule is CNC(CCC(=O)CCCOCCOCC(C)=O)C(=O)O.CNCCOCCOCC(C)=O. The summed E-state index contributed by atoms with van der Waals surface area (Å²) in [6, 6.07) is -0.677. The molecule has 0 saturated carbocycles. The molecule has 33 heavy (non-hydrogen) atoms. The molecule has 0 aliphatic heterocycles. The van der Waals surface area contributed by atoms with Crippen LogP contribution in [0, 0.1) is 0 Å². The van der Waals surface area contributed by atoms with Crippen LogP contribution in [0.15, 0.2) is 0 Å². The van der Waals surface area contributed by atoms with E-state index in [0.717, 1.165) is 6.54 Å². The molecule has 1 atom stereocenters. The van der Waals surface area contributed by atoms with Gasteiger partial charge in [-0.05, 0) is 40.8 Å². The molecule has 3 N–H and O–H groups in total. The minimum atomic E-state index is -0.945. The van der Waals surface area contributed by atoms with Crippen molar-refractivity contribution in [2.24, 2.45) is 0 Å². The lowest BCUT2D eigenvalue weighted by atomic mass is 10.1. The molecule has 0 amide bonds. The van der Waals surface area contributed by atoms with Gasteiger partial charge in [0.2, 0.25) is 0 Å². The van der Waals surface area contributed by atoms with Crippen LogP contribution in [0.1, 0.15) is 39.5 Å². The van der Waals surface area contributed by atoms with Gasteiger partial charge in [0.15, 0.2) is 11.6 Å². The van der Waals surface area contributed by atoms with Gasteiger partial charge < -0.3 is 34.7 Å². The molecule has 0 aliphatic carbocycles. The summed E-state index contributed by atoms with van der Waals surface area (Å²) in [5.74, 6) is -0.890. The number of nitrogens with one attached hydrogen (secondary N) is 2. The van der Waals surface area contributed by atoms with E-state index in [1.54, 1.807) is 7.05 Å². The molecule has 0 aromatic carbocycles. The average Bonchev–Trinajstić information content (AvgIpc) is 2.75. The van der Waals surface area contributed by atoms with E-state index in [0.29, 0.717) is 58.9 Å². The molecule has 0 aromatic rings. The van der Waals surface area contributed by atoms with E-state index < -0.39 is 12.0 Å². The van der Waals surface area contributed by atoms with Crippen LogP contribution in [-0.4, -0.2) is 108 Å². The number of carbonyl (C=O) groups excluding carboxylic acids is 3. The molecular formula is C22H42N2O9. The molecule has 0 rings (SSSR count). The van der Waals surface area contributed by atoms with Crippen LogP contribution in [-0.2, 0) is 38.1 Å². The zero-order valence-electron chi connectivity index (χ0n) is 20.5. The highest BCUT2D eigenvalue weighted by atomic mass is 16.5. The Morgan fingerprint density at radius 3 is 1.73 bits per heavy atom. The first-order valence-corrected chi connectivity index (χ1v) is 11.1. The molecule has 0 aromatic heterocycles. The largest absolute Gasteiger partial charge is 0.480 e. The average molecular weight is 479 g/mol.